The molecule has 2 aromatic heterocycles. The number of rotatable bonds is 3. The zero-order chi connectivity index (χ0) is 13.8. The molecule has 0 bridgehead atoms. The maximum atomic E-state index is 13.4. The summed E-state index contributed by atoms with van der Waals surface area (Å²) in [5.74, 6) is -0.983. The monoisotopic (exact) mass is 262 g/mol. The highest BCUT2D eigenvalue weighted by atomic mass is 19.1. The van der Waals surface area contributed by atoms with Crippen LogP contribution in [-0.2, 0) is 0 Å². The summed E-state index contributed by atoms with van der Waals surface area (Å²) in [4.78, 5) is 23.4. The SMILES string of the molecule is COc1cc(C)nc(NC(=O)c2ccncc2F)n1. The van der Waals surface area contributed by atoms with E-state index in [0.717, 1.165) is 6.20 Å². The van der Waals surface area contributed by atoms with Crippen molar-refractivity contribution in [1.29, 1.82) is 0 Å². The minimum atomic E-state index is -0.709. The minimum absolute atomic E-state index is 0.0538. The summed E-state index contributed by atoms with van der Waals surface area (Å²) in [7, 11) is 1.45. The van der Waals surface area contributed by atoms with Crippen LogP contribution in [0, 0.1) is 12.7 Å². The normalized spacial score (nSPS) is 10.1. The molecule has 0 unspecified atom stereocenters. The van der Waals surface area contributed by atoms with E-state index in [1.54, 1.807) is 13.0 Å². The van der Waals surface area contributed by atoms with Crippen LogP contribution in [-0.4, -0.2) is 28.0 Å². The maximum Gasteiger partial charge on any atom is 0.261 e. The molecule has 1 amide bonds. The largest absolute Gasteiger partial charge is 0.481 e. The molecule has 7 heteroatoms. The number of hydrogen-bond acceptors (Lipinski definition) is 5. The Bertz CT molecular complexity index is 618. The fourth-order valence-corrected chi connectivity index (χ4v) is 1.43. The Kier molecular flexibility index (Phi) is 3.65. The highest BCUT2D eigenvalue weighted by Gasteiger charge is 2.13. The van der Waals surface area contributed by atoms with Crippen LogP contribution in [0.25, 0.3) is 0 Å². The molecule has 2 rings (SSSR count). The summed E-state index contributed by atoms with van der Waals surface area (Å²) in [6.45, 7) is 1.73. The predicted molar refractivity (Wildman–Crippen MR) is 65.5 cm³/mol. The molecule has 0 fully saturated rings. The second-order valence-electron chi connectivity index (χ2n) is 3.68. The smallest absolute Gasteiger partial charge is 0.261 e. The topological polar surface area (TPSA) is 77.0 Å². The van der Waals surface area contributed by atoms with Gasteiger partial charge in [0.1, 0.15) is 0 Å². The summed E-state index contributed by atoms with van der Waals surface area (Å²) in [6.07, 6.45) is 2.29. The molecule has 98 valence electrons. The van der Waals surface area contributed by atoms with Crippen molar-refractivity contribution in [2.45, 2.75) is 6.92 Å². The maximum absolute atomic E-state index is 13.4. The van der Waals surface area contributed by atoms with Gasteiger partial charge in [0.25, 0.3) is 5.91 Å². The first-order chi connectivity index (χ1) is 9.10. The number of halogens is 1. The molecular weight excluding hydrogens is 251 g/mol. The fraction of sp³-hybridized carbons (Fsp3) is 0.167. The average Bonchev–Trinajstić information content (AvgIpc) is 2.38. The number of amides is 1. The first-order valence-electron chi connectivity index (χ1n) is 5.40. The van der Waals surface area contributed by atoms with Crippen molar-refractivity contribution < 1.29 is 13.9 Å². The Morgan fingerprint density at radius 1 is 1.42 bits per heavy atom. The number of carbonyl (C=O) groups excluding carboxylic acids is 1. The summed E-state index contributed by atoms with van der Waals surface area (Å²) in [5, 5.41) is 2.41. The molecule has 1 N–H and O–H groups in total. The first kappa shape index (κ1) is 12.9. The van der Waals surface area contributed by atoms with E-state index >= 15 is 0 Å². The third-order valence-corrected chi connectivity index (χ3v) is 2.28. The van der Waals surface area contributed by atoms with E-state index < -0.39 is 11.7 Å². The molecule has 6 nitrogen and oxygen atoms in total. The predicted octanol–water partition coefficient (Wildman–Crippen LogP) is 1.58. The second kappa shape index (κ2) is 5.38. The van der Waals surface area contributed by atoms with Crippen LogP contribution in [0.1, 0.15) is 16.1 Å². The number of hydrogen-bond donors (Lipinski definition) is 1. The van der Waals surface area contributed by atoms with Crippen molar-refractivity contribution >= 4 is 11.9 Å². The number of carbonyl (C=O) groups is 1. The van der Waals surface area contributed by atoms with Gasteiger partial charge in [-0.1, -0.05) is 0 Å². The van der Waals surface area contributed by atoms with Crippen LogP contribution in [0.3, 0.4) is 0 Å². The van der Waals surface area contributed by atoms with Crippen molar-refractivity contribution in [2.24, 2.45) is 0 Å². The van der Waals surface area contributed by atoms with Gasteiger partial charge in [0.05, 0.1) is 18.9 Å². The van der Waals surface area contributed by atoms with Gasteiger partial charge < -0.3 is 4.74 Å². The molecule has 0 aliphatic rings. The molecular formula is C12H11FN4O2. The highest BCUT2D eigenvalue weighted by Crippen LogP contribution is 2.13. The highest BCUT2D eigenvalue weighted by molar-refractivity contribution is 6.03. The van der Waals surface area contributed by atoms with E-state index in [1.165, 1.54) is 19.4 Å². The number of aromatic nitrogens is 3. The molecule has 0 atom stereocenters. The third kappa shape index (κ3) is 3.01. The molecule has 0 radical (unpaired) electrons. The van der Waals surface area contributed by atoms with Crippen LogP contribution in [0.2, 0.25) is 0 Å². The van der Waals surface area contributed by atoms with Crippen LogP contribution in [0.5, 0.6) is 5.88 Å². The molecule has 0 aliphatic carbocycles. The summed E-state index contributed by atoms with van der Waals surface area (Å²) in [5.41, 5.74) is 0.497. The quantitative estimate of drug-likeness (QED) is 0.908. The Morgan fingerprint density at radius 2 is 2.21 bits per heavy atom. The van der Waals surface area contributed by atoms with Crippen molar-refractivity contribution in [3.8, 4) is 5.88 Å². The van der Waals surface area contributed by atoms with Gasteiger partial charge in [-0.25, -0.2) is 9.37 Å². The molecule has 0 spiro atoms. The lowest BCUT2D eigenvalue weighted by Crippen LogP contribution is -2.16. The van der Waals surface area contributed by atoms with Crippen molar-refractivity contribution in [2.75, 3.05) is 12.4 Å². The van der Waals surface area contributed by atoms with E-state index in [1.807, 2.05) is 0 Å². The first-order valence-corrected chi connectivity index (χ1v) is 5.40. The average molecular weight is 262 g/mol. The van der Waals surface area contributed by atoms with E-state index in [4.69, 9.17) is 4.74 Å². The van der Waals surface area contributed by atoms with E-state index in [9.17, 15) is 9.18 Å². The molecule has 2 heterocycles. The number of nitrogens with zero attached hydrogens (tertiary/aromatic N) is 3. The number of ether oxygens (including phenoxy) is 1. The van der Waals surface area contributed by atoms with Crippen molar-refractivity contribution in [3.63, 3.8) is 0 Å². The van der Waals surface area contributed by atoms with E-state index in [2.05, 4.69) is 20.3 Å². The molecule has 0 saturated carbocycles. The fourth-order valence-electron chi connectivity index (χ4n) is 1.43. The lowest BCUT2D eigenvalue weighted by molar-refractivity contribution is 0.102. The minimum Gasteiger partial charge on any atom is -0.481 e. The van der Waals surface area contributed by atoms with Crippen LogP contribution < -0.4 is 10.1 Å². The molecule has 0 aromatic carbocycles. The van der Waals surface area contributed by atoms with Crippen LogP contribution in [0.4, 0.5) is 10.3 Å². The number of nitrogens with one attached hydrogen (secondary N) is 1. The van der Waals surface area contributed by atoms with Crippen molar-refractivity contribution in [1.82, 2.24) is 15.0 Å². The standard InChI is InChI=1S/C12H11FN4O2/c1-7-5-10(19-2)16-12(15-7)17-11(18)8-3-4-14-6-9(8)13/h3-6H,1-2H3,(H,15,16,17,18). The van der Waals surface area contributed by atoms with E-state index in [0.29, 0.717) is 11.6 Å². The van der Waals surface area contributed by atoms with Gasteiger partial charge in [0.15, 0.2) is 5.82 Å². The molecule has 2 aromatic rings. The summed E-state index contributed by atoms with van der Waals surface area (Å²) in [6, 6.07) is 2.89. The lowest BCUT2D eigenvalue weighted by Gasteiger charge is -2.06. The summed E-state index contributed by atoms with van der Waals surface area (Å²) >= 11 is 0. The van der Waals surface area contributed by atoms with Gasteiger partial charge in [0.2, 0.25) is 11.8 Å². The Labute approximate surface area is 108 Å². The zero-order valence-corrected chi connectivity index (χ0v) is 10.3. The Morgan fingerprint density at radius 3 is 2.89 bits per heavy atom. The summed E-state index contributed by atoms with van der Waals surface area (Å²) < 4.78 is 18.3. The molecule has 0 aliphatic heterocycles. The lowest BCUT2D eigenvalue weighted by atomic mass is 10.2. The van der Waals surface area contributed by atoms with Crippen LogP contribution >= 0.6 is 0 Å². The van der Waals surface area contributed by atoms with Gasteiger partial charge in [-0.15, -0.1) is 0 Å². The van der Waals surface area contributed by atoms with E-state index in [-0.39, 0.29) is 11.5 Å². The van der Waals surface area contributed by atoms with Gasteiger partial charge >= 0.3 is 0 Å². The Balaban J connectivity index is 2.24. The van der Waals surface area contributed by atoms with Gasteiger partial charge in [-0.2, -0.15) is 4.98 Å². The van der Waals surface area contributed by atoms with Gasteiger partial charge in [-0.05, 0) is 13.0 Å². The number of aryl methyl sites for hydroxylation is 1. The van der Waals surface area contributed by atoms with Gasteiger partial charge in [-0.3, -0.25) is 15.1 Å². The van der Waals surface area contributed by atoms with Gasteiger partial charge in [0, 0.05) is 18.0 Å². The Hall–Kier alpha value is -2.57. The third-order valence-electron chi connectivity index (χ3n) is 2.28. The second-order valence-corrected chi connectivity index (χ2v) is 3.68. The molecule has 0 saturated heterocycles. The number of methoxy groups -OCH3 is 1. The number of pyridine rings is 1. The number of anilines is 1. The zero-order valence-electron chi connectivity index (χ0n) is 10.3. The van der Waals surface area contributed by atoms with Crippen LogP contribution in [0.15, 0.2) is 24.5 Å². The molecule has 19 heavy (non-hydrogen) atoms. The van der Waals surface area contributed by atoms with Crippen molar-refractivity contribution in [3.05, 3.63) is 41.6 Å².